The van der Waals surface area contributed by atoms with E-state index < -0.39 is 11.5 Å². The standard InChI is InChI=1S/C26H41NO3/c1-24-13-10-19(28)16-17(24)8-9-20-21(24)11-14-25(2)22(20)12-15-26(25,23(29)30)27-18-6-4-3-5-7-18/h17-18,20-22,27H,3-16H2,1-2H3,(H,29,30)/t17?,20-,21-,22+,24+,25+,26?/m1/s1. The van der Waals surface area contributed by atoms with Crippen LogP contribution in [0.15, 0.2) is 0 Å². The summed E-state index contributed by atoms with van der Waals surface area (Å²) >= 11 is 0. The lowest BCUT2D eigenvalue weighted by Crippen LogP contribution is -2.66. The first kappa shape index (κ1) is 21.0. The van der Waals surface area contributed by atoms with E-state index in [0.717, 1.165) is 57.8 Å². The smallest absolute Gasteiger partial charge is 0.324 e. The summed E-state index contributed by atoms with van der Waals surface area (Å²) in [7, 11) is 0. The Hall–Kier alpha value is -0.900. The lowest BCUT2D eigenvalue weighted by atomic mass is 9.44. The molecule has 4 heteroatoms. The number of aliphatic carboxylic acids is 1. The minimum absolute atomic E-state index is 0.148. The number of carbonyl (C=O) groups is 2. The van der Waals surface area contributed by atoms with Gasteiger partial charge in [0, 0.05) is 18.9 Å². The molecule has 0 aromatic heterocycles. The fourth-order valence-corrected chi connectivity index (χ4v) is 9.33. The van der Waals surface area contributed by atoms with E-state index in [-0.39, 0.29) is 5.41 Å². The Morgan fingerprint density at radius 2 is 1.67 bits per heavy atom. The van der Waals surface area contributed by atoms with Gasteiger partial charge in [-0.25, -0.2) is 0 Å². The van der Waals surface area contributed by atoms with Crippen molar-refractivity contribution in [1.29, 1.82) is 0 Å². The van der Waals surface area contributed by atoms with Crippen molar-refractivity contribution in [3.05, 3.63) is 0 Å². The summed E-state index contributed by atoms with van der Waals surface area (Å²) in [5.74, 6) is 2.28. The van der Waals surface area contributed by atoms with Gasteiger partial charge in [0.1, 0.15) is 11.3 Å². The molecule has 5 rings (SSSR count). The quantitative estimate of drug-likeness (QED) is 0.652. The highest BCUT2D eigenvalue weighted by molar-refractivity contribution is 5.81. The van der Waals surface area contributed by atoms with Gasteiger partial charge in [0.05, 0.1) is 0 Å². The van der Waals surface area contributed by atoms with Gasteiger partial charge < -0.3 is 5.11 Å². The predicted molar refractivity (Wildman–Crippen MR) is 117 cm³/mol. The summed E-state index contributed by atoms with van der Waals surface area (Å²) in [6.45, 7) is 4.80. The van der Waals surface area contributed by atoms with E-state index in [0.29, 0.717) is 40.9 Å². The highest BCUT2D eigenvalue weighted by Gasteiger charge is 2.67. The number of ketones is 1. The van der Waals surface area contributed by atoms with Crippen molar-refractivity contribution in [3.8, 4) is 0 Å². The molecule has 5 fully saturated rings. The second kappa shape index (κ2) is 7.32. The van der Waals surface area contributed by atoms with Crippen LogP contribution < -0.4 is 5.32 Å². The van der Waals surface area contributed by atoms with E-state index in [9.17, 15) is 14.7 Å². The number of carboxylic acid groups (broad SMARTS) is 1. The molecule has 0 heterocycles. The molecule has 0 saturated heterocycles. The molecule has 0 spiro atoms. The van der Waals surface area contributed by atoms with E-state index in [1.54, 1.807) is 0 Å². The number of Topliss-reactive ketones (excluding diaryl/α,β-unsaturated/α-hetero) is 1. The Labute approximate surface area is 182 Å². The topological polar surface area (TPSA) is 66.4 Å². The van der Waals surface area contributed by atoms with Crippen LogP contribution in [-0.2, 0) is 9.59 Å². The second-order valence-electron chi connectivity index (χ2n) is 12.1. The van der Waals surface area contributed by atoms with E-state index in [4.69, 9.17) is 0 Å². The molecule has 0 amide bonds. The second-order valence-corrected chi connectivity index (χ2v) is 12.1. The van der Waals surface area contributed by atoms with Gasteiger partial charge in [-0.3, -0.25) is 14.9 Å². The number of carboxylic acids is 1. The molecule has 168 valence electrons. The molecule has 0 aliphatic heterocycles. The maximum Gasteiger partial charge on any atom is 0.324 e. The average molecular weight is 416 g/mol. The lowest BCUT2D eigenvalue weighted by molar-refractivity contribution is -0.161. The number of carbonyl (C=O) groups excluding carboxylic acids is 1. The van der Waals surface area contributed by atoms with Gasteiger partial charge >= 0.3 is 5.97 Å². The summed E-state index contributed by atoms with van der Waals surface area (Å²) in [6, 6.07) is 0.376. The van der Waals surface area contributed by atoms with Crippen LogP contribution >= 0.6 is 0 Å². The fraction of sp³-hybridized carbons (Fsp3) is 0.923. The first-order valence-corrected chi connectivity index (χ1v) is 12.8. The highest BCUT2D eigenvalue weighted by atomic mass is 16.4. The Morgan fingerprint density at radius 1 is 0.933 bits per heavy atom. The number of rotatable bonds is 3. The maximum absolute atomic E-state index is 12.8. The number of hydrogen-bond donors (Lipinski definition) is 2. The summed E-state index contributed by atoms with van der Waals surface area (Å²) in [4.78, 5) is 25.0. The zero-order valence-corrected chi connectivity index (χ0v) is 19.0. The minimum atomic E-state index is -0.745. The lowest BCUT2D eigenvalue weighted by Gasteiger charge is -2.61. The summed E-state index contributed by atoms with van der Waals surface area (Å²) < 4.78 is 0. The molecule has 0 bridgehead atoms. The molecule has 5 saturated carbocycles. The van der Waals surface area contributed by atoms with E-state index in [1.807, 2.05) is 0 Å². The first-order chi connectivity index (χ1) is 14.3. The van der Waals surface area contributed by atoms with Gasteiger partial charge in [0.2, 0.25) is 0 Å². The zero-order valence-electron chi connectivity index (χ0n) is 19.0. The van der Waals surface area contributed by atoms with Crippen molar-refractivity contribution in [2.45, 2.75) is 115 Å². The molecule has 5 aliphatic rings. The highest BCUT2D eigenvalue weighted by Crippen LogP contribution is 2.68. The molecule has 0 radical (unpaired) electrons. The monoisotopic (exact) mass is 415 g/mol. The van der Waals surface area contributed by atoms with E-state index >= 15 is 0 Å². The molecule has 7 atom stereocenters. The van der Waals surface area contributed by atoms with Crippen LogP contribution in [0, 0.1) is 34.5 Å². The van der Waals surface area contributed by atoms with Crippen molar-refractivity contribution in [3.63, 3.8) is 0 Å². The Balaban J connectivity index is 1.43. The van der Waals surface area contributed by atoms with Gasteiger partial charge in [-0.2, -0.15) is 0 Å². The molecule has 0 aromatic rings. The molecular formula is C26H41NO3. The van der Waals surface area contributed by atoms with Crippen LogP contribution in [0.2, 0.25) is 0 Å². The average Bonchev–Trinajstić information content (AvgIpc) is 3.03. The molecule has 2 unspecified atom stereocenters. The minimum Gasteiger partial charge on any atom is -0.480 e. The third-order valence-electron chi connectivity index (χ3n) is 11.1. The maximum atomic E-state index is 12.8. The van der Waals surface area contributed by atoms with Crippen LogP contribution in [0.25, 0.3) is 0 Å². The van der Waals surface area contributed by atoms with Crippen molar-refractivity contribution >= 4 is 11.8 Å². The fourth-order valence-electron chi connectivity index (χ4n) is 9.33. The molecule has 5 aliphatic carbocycles. The van der Waals surface area contributed by atoms with Gasteiger partial charge in [-0.05, 0) is 92.3 Å². The molecule has 30 heavy (non-hydrogen) atoms. The van der Waals surface area contributed by atoms with Gasteiger partial charge in [-0.1, -0.05) is 33.1 Å². The van der Waals surface area contributed by atoms with Crippen molar-refractivity contribution in [1.82, 2.24) is 5.32 Å². The van der Waals surface area contributed by atoms with Crippen LogP contribution in [0.1, 0.15) is 104 Å². The van der Waals surface area contributed by atoms with Gasteiger partial charge in [0.25, 0.3) is 0 Å². The number of nitrogens with one attached hydrogen (secondary N) is 1. The molecular weight excluding hydrogens is 374 g/mol. The van der Waals surface area contributed by atoms with Crippen LogP contribution in [0.4, 0.5) is 0 Å². The largest absolute Gasteiger partial charge is 0.480 e. The Morgan fingerprint density at radius 3 is 2.40 bits per heavy atom. The van der Waals surface area contributed by atoms with Gasteiger partial charge in [-0.15, -0.1) is 0 Å². The van der Waals surface area contributed by atoms with Crippen LogP contribution in [-0.4, -0.2) is 28.4 Å². The molecule has 0 aromatic carbocycles. The summed E-state index contributed by atoms with van der Waals surface area (Å²) in [5.41, 5.74) is -0.598. The zero-order chi connectivity index (χ0) is 21.1. The third-order valence-corrected chi connectivity index (χ3v) is 11.1. The SMILES string of the molecule is C[C@]12CCC(=O)CC1CC[C@@H]1[C@H]2CC[C@@]2(C)[C@H]1CCC2(NC1CCCCC1)C(=O)O. The van der Waals surface area contributed by atoms with E-state index in [2.05, 4.69) is 19.2 Å². The van der Waals surface area contributed by atoms with Gasteiger partial charge in [0.15, 0.2) is 0 Å². The Kier molecular flexibility index (Phi) is 5.12. The van der Waals surface area contributed by atoms with Crippen molar-refractivity contribution in [2.75, 3.05) is 0 Å². The van der Waals surface area contributed by atoms with Crippen molar-refractivity contribution in [2.24, 2.45) is 34.5 Å². The summed E-state index contributed by atoms with van der Waals surface area (Å²) in [6.07, 6.45) is 15.1. The number of fused-ring (bicyclic) bond motifs is 5. The Bertz CT molecular complexity index is 715. The summed E-state index contributed by atoms with van der Waals surface area (Å²) in [5, 5.41) is 14.4. The van der Waals surface area contributed by atoms with Crippen molar-refractivity contribution < 1.29 is 14.7 Å². The van der Waals surface area contributed by atoms with E-state index in [1.165, 1.54) is 32.1 Å². The van der Waals surface area contributed by atoms with Crippen LogP contribution in [0.5, 0.6) is 0 Å². The van der Waals surface area contributed by atoms with Crippen LogP contribution in [0.3, 0.4) is 0 Å². The molecule has 4 nitrogen and oxygen atoms in total. The third kappa shape index (κ3) is 2.88. The first-order valence-electron chi connectivity index (χ1n) is 12.8. The molecule has 2 N–H and O–H groups in total. The number of hydrogen-bond acceptors (Lipinski definition) is 3. The normalized spacial score (nSPS) is 49.2. The predicted octanol–water partition coefficient (Wildman–Crippen LogP) is 5.34.